The first-order chi connectivity index (χ1) is 46.0. The molecule has 0 spiro atoms. The highest BCUT2D eigenvalue weighted by Crippen LogP contribution is 2.43. The molecule has 6 heterocycles. The van der Waals surface area contributed by atoms with Crippen LogP contribution in [0.1, 0.15) is 162 Å². The molecule has 3 unspecified atom stereocenters. The quantitative estimate of drug-likeness (QED) is 0.0401. The molecule has 0 radical (unpaired) electrons. The average molecular weight is 1440 g/mol. The number of halogens is 9. The maximum atomic E-state index is 14.6. The minimum absolute atomic E-state index is 0.00815. The van der Waals surface area contributed by atoms with Gasteiger partial charge in [-0.1, -0.05) is 30.3 Å². The van der Waals surface area contributed by atoms with Gasteiger partial charge in [-0.05, 0) is 224 Å². The lowest BCUT2D eigenvalue weighted by atomic mass is 9.82. The summed E-state index contributed by atoms with van der Waals surface area (Å²) in [6.07, 6.45) is 9.74. The van der Waals surface area contributed by atoms with E-state index in [1.807, 2.05) is 102 Å². The van der Waals surface area contributed by atoms with Crippen LogP contribution in [-0.2, 0) is 73.2 Å². The Bertz CT molecular complexity index is 3470. The number of nitrogens with one attached hydrogen (secondary N) is 5. The van der Waals surface area contributed by atoms with Crippen molar-refractivity contribution >= 4 is 50.9 Å². The van der Waals surface area contributed by atoms with Crippen LogP contribution >= 0.6 is 0 Å². The minimum atomic E-state index is -1.49. The summed E-state index contributed by atoms with van der Waals surface area (Å²) in [5, 5.41) is 6.47. The average Bonchev–Trinajstić information content (AvgIpc) is 1.59. The van der Waals surface area contributed by atoms with E-state index in [4.69, 9.17) is 4.74 Å². The second-order valence-corrected chi connectivity index (χ2v) is 36.1. The summed E-state index contributed by atoms with van der Waals surface area (Å²) in [7, 11) is -0.955. The lowest BCUT2D eigenvalue weighted by molar-refractivity contribution is -0.137. The fourth-order valence-corrected chi connectivity index (χ4v) is 17.2. The van der Waals surface area contributed by atoms with Crippen LogP contribution in [-0.4, -0.2) is 141 Å². The van der Waals surface area contributed by atoms with E-state index < -0.39 is 112 Å². The molecule has 15 atom stereocenters. The van der Waals surface area contributed by atoms with Crippen LogP contribution < -0.4 is 24.8 Å². The Morgan fingerprint density at radius 3 is 1.16 bits per heavy atom. The van der Waals surface area contributed by atoms with Crippen molar-refractivity contribution in [3.05, 3.63) is 141 Å². The molecule has 3 amide bonds. The molecule has 4 aromatic carbocycles. The van der Waals surface area contributed by atoms with Gasteiger partial charge in [-0.2, -0.15) is 0 Å². The summed E-state index contributed by atoms with van der Waals surface area (Å²) in [4.78, 5) is 43.4. The minimum Gasteiger partial charge on any atom is -0.445 e. The van der Waals surface area contributed by atoms with E-state index in [0.717, 1.165) is 75.1 Å². The Morgan fingerprint density at radius 2 is 0.827 bits per heavy atom. The summed E-state index contributed by atoms with van der Waals surface area (Å²) in [5.41, 5.74) is 1.04. The molecule has 27 heteroatoms. The molecule has 15 nitrogen and oxygen atoms in total. The van der Waals surface area contributed by atoms with Crippen molar-refractivity contribution in [3.63, 3.8) is 0 Å². The number of hydrogen-bond donors (Lipinski definition) is 5. The number of carbonyl (C=O) groups excluding carboxylic acids is 3. The Balaban J connectivity index is 0.000000193. The first-order valence-corrected chi connectivity index (χ1v) is 37.3. The fourth-order valence-electron chi connectivity index (χ4n) is 14.5. The number of rotatable bonds is 21. The zero-order valence-corrected chi connectivity index (χ0v) is 60.3. The first-order valence-electron chi connectivity index (χ1n) is 33.9. The summed E-state index contributed by atoms with van der Waals surface area (Å²) >= 11 is 0. The molecule has 98 heavy (non-hydrogen) atoms. The molecule has 6 saturated heterocycles. The maximum absolute atomic E-state index is 14.6. The number of benzene rings is 4. The lowest BCUT2D eigenvalue weighted by Crippen LogP contribution is -2.54. The normalized spacial score (nSPS) is 24.7. The SMILES string of the molecule is CC(C)(C)[S@](=O)N[C@H](Cc1cc(F)c(F)cc1F)C1C[C@H]2CC[C@@H](C1)N2.CN(CC(=O)N1[C@@H]2CC[C@H]1CC([C@@H](Cc1cc(F)c(F)cc1F)N[S@@](=O)C(C)(C)C)C2)C(=O)OCc1ccccc1.CNCC(=O)N1[C@@H]2CC[C@H]1CC([C@@H](Cc1cc(F)c(F)cc1F)N[S@@](=O)C(C)(C)C)C2. The van der Waals surface area contributed by atoms with Gasteiger partial charge in [0.2, 0.25) is 11.8 Å². The monoisotopic (exact) mass is 1440 g/mol. The zero-order valence-electron chi connectivity index (χ0n) is 57.8. The van der Waals surface area contributed by atoms with E-state index in [0.29, 0.717) is 56.0 Å². The van der Waals surface area contributed by atoms with Crippen LogP contribution in [0.3, 0.4) is 0 Å². The Kier molecular flexibility index (Phi) is 26.9. The highest BCUT2D eigenvalue weighted by molar-refractivity contribution is 7.85. The van der Waals surface area contributed by atoms with E-state index in [-0.39, 0.29) is 121 Å². The van der Waals surface area contributed by atoms with Crippen LogP contribution in [0.4, 0.5) is 44.3 Å². The van der Waals surface area contributed by atoms with Gasteiger partial charge in [0.05, 0.1) is 53.7 Å². The molecule has 0 aromatic heterocycles. The van der Waals surface area contributed by atoms with Crippen LogP contribution in [0.5, 0.6) is 0 Å². The van der Waals surface area contributed by atoms with Crippen molar-refractivity contribution in [3.8, 4) is 0 Å². The number of piperidine rings is 3. The van der Waals surface area contributed by atoms with Crippen LogP contribution in [0, 0.1) is 70.1 Å². The number of carbonyl (C=O) groups is 3. The van der Waals surface area contributed by atoms with Gasteiger partial charge in [0.15, 0.2) is 34.9 Å². The fraction of sp³-hybridized carbons (Fsp3) is 0.620. The molecule has 6 aliphatic rings. The summed E-state index contributed by atoms with van der Waals surface area (Å²) in [6, 6.07) is 13.4. The zero-order chi connectivity index (χ0) is 71.9. The van der Waals surface area contributed by atoms with Gasteiger partial charge in [-0.15, -0.1) is 0 Å². The van der Waals surface area contributed by atoms with Crippen LogP contribution in [0.15, 0.2) is 66.7 Å². The molecule has 6 aliphatic heterocycles. The van der Waals surface area contributed by atoms with Gasteiger partial charge in [0, 0.05) is 79.6 Å². The number of likely N-dealkylation sites (N-methyl/N-ethyl adjacent to an activating group) is 2. The van der Waals surface area contributed by atoms with Crippen LogP contribution in [0.2, 0.25) is 0 Å². The molecule has 4 aromatic rings. The Morgan fingerprint density at radius 1 is 0.500 bits per heavy atom. The topological polar surface area (TPSA) is 182 Å². The molecule has 6 bridgehead atoms. The van der Waals surface area contributed by atoms with Gasteiger partial charge in [-0.25, -0.2) is 71.1 Å². The van der Waals surface area contributed by atoms with Gasteiger partial charge < -0.3 is 30.1 Å². The van der Waals surface area contributed by atoms with Gasteiger partial charge >= 0.3 is 6.09 Å². The number of fused-ring (bicyclic) bond motifs is 6. The van der Waals surface area contributed by atoms with Gasteiger partial charge in [0.1, 0.15) is 30.6 Å². The molecule has 0 aliphatic carbocycles. The third-order valence-corrected chi connectivity index (χ3v) is 24.5. The number of amides is 3. The molecule has 0 saturated carbocycles. The van der Waals surface area contributed by atoms with Gasteiger partial charge in [0.25, 0.3) is 0 Å². The molecular weight excluding hydrogens is 1340 g/mol. The summed E-state index contributed by atoms with van der Waals surface area (Å²) < 4.78 is 176. The second-order valence-electron chi connectivity index (χ2n) is 30.1. The third-order valence-electron chi connectivity index (χ3n) is 19.6. The summed E-state index contributed by atoms with van der Waals surface area (Å²) in [6.45, 7) is 16.9. The molecule has 6 fully saturated rings. The Hall–Kier alpha value is -5.29. The predicted octanol–water partition coefficient (Wildman–Crippen LogP) is 11.8. The van der Waals surface area contributed by atoms with Crippen molar-refractivity contribution in [2.45, 2.75) is 234 Å². The molecule has 544 valence electrons. The van der Waals surface area contributed by atoms with E-state index in [1.165, 1.54) is 11.9 Å². The number of ether oxygens (including phenoxy) is 1. The molecular formula is C71H97F9N8O7S3. The second kappa shape index (κ2) is 33.7. The Labute approximate surface area is 578 Å². The predicted molar refractivity (Wildman–Crippen MR) is 363 cm³/mol. The largest absolute Gasteiger partial charge is 0.445 e. The van der Waals surface area contributed by atoms with Crippen molar-refractivity contribution < 1.29 is 71.3 Å². The highest BCUT2D eigenvalue weighted by Gasteiger charge is 2.48. The van der Waals surface area contributed by atoms with Crippen LogP contribution in [0.25, 0.3) is 0 Å². The van der Waals surface area contributed by atoms with E-state index >= 15 is 0 Å². The first kappa shape index (κ1) is 78.4. The van der Waals surface area contributed by atoms with E-state index in [2.05, 4.69) is 24.8 Å². The van der Waals surface area contributed by atoms with Gasteiger partial charge in [-0.3, -0.25) is 9.59 Å². The lowest BCUT2D eigenvalue weighted by Gasteiger charge is -2.42. The third kappa shape index (κ3) is 20.7. The van der Waals surface area contributed by atoms with E-state index in [1.54, 1.807) is 7.05 Å². The highest BCUT2D eigenvalue weighted by atomic mass is 32.2. The molecule has 5 N–H and O–H groups in total. The number of nitrogens with zero attached hydrogens (tertiary/aromatic N) is 3. The van der Waals surface area contributed by atoms with Crippen molar-refractivity contribution in [1.82, 2.24) is 39.5 Å². The van der Waals surface area contributed by atoms with Crippen molar-refractivity contribution in [2.75, 3.05) is 27.2 Å². The standard InChI is InChI=1S/C30H38F3N3O4S.C22H32F3N3O2S.C19H27F3N2OS/c1-30(2,3)41(39)34-27(15-20-14-25(32)26(33)16-24(20)31)21-12-22-10-11-23(13-21)36(22)28(37)17-35(4)29(38)40-18-19-8-6-5-7-9-19;1-22(2,3)31(30)27-20(10-13-9-18(24)19(25)11-17(13)23)14-7-15-5-6-16(8-14)28(15)21(29)12-26-4;1-19(2,3)26(25)24-18(12-6-13-4-5-14(7-12)23-13)9-11-8-16(21)17(22)10-15(11)20/h5-9,14,16,21-23,27,34H,10-13,15,17-18H2,1-4H3;9,11,14-16,20,26-27H,5-8,10,12H2,1-4H3;8,10,12-14,18,23-24H,4-7,9H2,1-3H3/t21?,22-,23+,27-,41+;14?,15-,16+,20-,31+;12?,13-,14+,18-,26+/m111/s1. The van der Waals surface area contributed by atoms with Crippen molar-refractivity contribution in [1.29, 1.82) is 0 Å². The van der Waals surface area contributed by atoms with E-state index in [9.17, 15) is 66.5 Å². The summed E-state index contributed by atoms with van der Waals surface area (Å²) in [5.74, 6) is -9.30. The number of hydrogen-bond acceptors (Lipinski definition) is 9. The smallest absolute Gasteiger partial charge is 0.410 e. The maximum Gasteiger partial charge on any atom is 0.410 e. The molecule has 10 rings (SSSR count). The van der Waals surface area contributed by atoms with Crippen molar-refractivity contribution in [2.24, 2.45) is 17.8 Å².